The van der Waals surface area contributed by atoms with E-state index in [0.29, 0.717) is 17.6 Å². The van der Waals surface area contributed by atoms with Gasteiger partial charge in [-0.25, -0.2) is 4.39 Å². The van der Waals surface area contributed by atoms with Crippen LogP contribution in [0, 0.1) is 5.82 Å². The first-order valence-corrected chi connectivity index (χ1v) is 6.81. The monoisotopic (exact) mass is 317 g/mol. The summed E-state index contributed by atoms with van der Waals surface area (Å²) in [4.78, 5) is 2.18. The molecular weight excluding hydrogens is 301 g/mol. The van der Waals surface area contributed by atoms with Gasteiger partial charge in [0.15, 0.2) is 0 Å². The number of aliphatic hydroxyl groups excluding tert-OH is 1. The topological polar surface area (TPSA) is 32.7 Å². The van der Waals surface area contributed by atoms with E-state index in [4.69, 9.17) is 4.74 Å². The summed E-state index contributed by atoms with van der Waals surface area (Å²) < 4.78 is 19.5. The number of rotatable bonds is 3. The molecule has 0 aromatic heterocycles. The van der Waals surface area contributed by atoms with Crippen LogP contribution in [-0.2, 0) is 11.3 Å². The molecule has 1 aliphatic rings. The second-order valence-electron chi connectivity index (χ2n) is 4.66. The van der Waals surface area contributed by atoms with Gasteiger partial charge >= 0.3 is 0 Å². The molecule has 0 amide bonds. The van der Waals surface area contributed by atoms with Crippen molar-refractivity contribution in [2.24, 2.45) is 0 Å². The van der Waals surface area contributed by atoms with E-state index in [2.05, 4.69) is 20.8 Å². The molecule has 1 aromatic rings. The zero-order valence-corrected chi connectivity index (χ0v) is 11.9. The third-order valence-corrected chi connectivity index (χ3v) is 3.92. The highest BCUT2D eigenvalue weighted by atomic mass is 79.9. The maximum atomic E-state index is 13.4. The standard InChI is InChI=1S/C13H17BrFNO2/c1-9-5-16(7-11(8-17)18-9)6-10-3-2-4-12(15)13(10)14/h2-4,9,11,17H,5-8H2,1H3. The van der Waals surface area contributed by atoms with E-state index in [-0.39, 0.29) is 24.6 Å². The van der Waals surface area contributed by atoms with Crippen LogP contribution >= 0.6 is 15.9 Å². The third kappa shape index (κ3) is 3.29. The fourth-order valence-electron chi connectivity index (χ4n) is 2.28. The van der Waals surface area contributed by atoms with Crippen LogP contribution in [0.3, 0.4) is 0 Å². The van der Waals surface area contributed by atoms with Crippen LogP contribution in [0.15, 0.2) is 22.7 Å². The first-order chi connectivity index (χ1) is 8.60. The van der Waals surface area contributed by atoms with Crippen molar-refractivity contribution in [2.45, 2.75) is 25.7 Å². The number of halogens is 2. The van der Waals surface area contributed by atoms with Crippen molar-refractivity contribution >= 4 is 15.9 Å². The summed E-state index contributed by atoms with van der Waals surface area (Å²) in [7, 11) is 0. The minimum absolute atomic E-state index is 0.0190. The van der Waals surface area contributed by atoms with Gasteiger partial charge in [0.1, 0.15) is 5.82 Å². The van der Waals surface area contributed by atoms with Crippen molar-refractivity contribution in [2.75, 3.05) is 19.7 Å². The van der Waals surface area contributed by atoms with Gasteiger partial charge in [-0.05, 0) is 34.5 Å². The lowest BCUT2D eigenvalue weighted by Gasteiger charge is -2.36. The highest BCUT2D eigenvalue weighted by molar-refractivity contribution is 9.10. The van der Waals surface area contributed by atoms with Gasteiger partial charge in [-0.3, -0.25) is 4.90 Å². The minimum atomic E-state index is -0.243. The molecule has 2 unspecified atom stereocenters. The lowest BCUT2D eigenvalue weighted by molar-refractivity contribution is -0.0973. The van der Waals surface area contributed by atoms with Gasteiger partial charge in [0.2, 0.25) is 0 Å². The van der Waals surface area contributed by atoms with Crippen LogP contribution in [-0.4, -0.2) is 41.9 Å². The van der Waals surface area contributed by atoms with Crippen LogP contribution in [0.25, 0.3) is 0 Å². The summed E-state index contributed by atoms with van der Waals surface area (Å²) in [5.41, 5.74) is 0.917. The lowest BCUT2D eigenvalue weighted by Crippen LogP contribution is -2.47. The Hall–Kier alpha value is -0.490. The Balaban J connectivity index is 2.06. The molecule has 18 heavy (non-hydrogen) atoms. The fraction of sp³-hybridized carbons (Fsp3) is 0.538. The number of ether oxygens (including phenoxy) is 1. The zero-order valence-electron chi connectivity index (χ0n) is 10.3. The Kier molecular flexibility index (Phi) is 4.72. The van der Waals surface area contributed by atoms with Gasteiger partial charge in [0, 0.05) is 19.6 Å². The largest absolute Gasteiger partial charge is 0.394 e. The molecule has 0 bridgehead atoms. The molecule has 1 aliphatic heterocycles. The summed E-state index contributed by atoms with van der Waals surface area (Å²) in [5.74, 6) is -0.243. The number of aliphatic hydroxyl groups is 1. The minimum Gasteiger partial charge on any atom is -0.394 e. The Morgan fingerprint density at radius 2 is 2.28 bits per heavy atom. The SMILES string of the molecule is CC1CN(Cc2cccc(F)c2Br)CC(CO)O1. The van der Waals surface area contributed by atoms with Crippen molar-refractivity contribution in [1.82, 2.24) is 4.90 Å². The number of benzene rings is 1. The molecule has 0 saturated carbocycles. The Morgan fingerprint density at radius 1 is 1.50 bits per heavy atom. The van der Waals surface area contributed by atoms with Crippen molar-refractivity contribution in [3.63, 3.8) is 0 Å². The molecule has 0 spiro atoms. The molecule has 2 atom stereocenters. The molecular formula is C13H17BrFNO2. The molecule has 1 heterocycles. The molecule has 1 N–H and O–H groups in total. The molecule has 0 aliphatic carbocycles. The average Bonchev–Trinajstić information content (AvgIpc) is 2.34. The van der Waals surface area contributed by atoms with Crippen LogP contribution in [0.1, 0.15) is 12.5 Å². The molecule has 1 saturated heterocycles. The molecule has 1 fully saturated rings. The van der Waals surface area contributed by atoms with E-state index in [1.807, 2.05) is 13.0 Å². The summed E-state index contributed by atoms with van der Waals surface area (Å²) in [6.45, 7) is 4.12. The van der Waals surface area contributed by atoms with Crippen molar-refractivity contribution < 1.29 is 14.2 Å². The van der Waals surface area contributed by atoms with Crippen LogP contribution < -0.4 is 0 Å². The van der Waals surface area contributed by atoms with Crippen molar-refractivity contribution in [3.8, 4) is 0 Å². The van der Waals surface area contributed by atoms with Crippen LogP contribution in [0.4, 0.5) is 4.39 Å². The number of hydrogen-bond donors (Lipinski definition) is 1. The average molecular weight is 318 g/mol. The number of hydrogen-bond acceptors (Lipinski definition) is 3. The highest BCUT2D eigenvalue weighted by Crippen LogP contribution is 2.23. The maximum absolute atomic E-state index is 13.4. The third-order valence-electron chi connectivity index (χ3n) is 3.03. The van der Waals surface area contributed by atoms with Crippen molar-refractivity contribution in [1.29, 1.82) is 0 Å². The van der Waals surface area contributed by atoms with Gasteiger partial charge in [0.05, 0.1) is 23.3 Å². The van der Waals surface area contributed by atoms with E-state index in [9.17, 15) is 9.50 Å². The summed E-state index contributed by atoms with van der Waals surface area (Å²) in [6, 6.07) is 5.05. The Labute approximate surface area is 115 Å². The van der Waals surface area contributed by atoms with Gasteiger partial charge in [0.25, 0.3) is 0 Å². The maximum Gasteiger partial charge on any atom is 0.137 e. The van der Waals surface area contributed by atoms with Gasteiger partial charge in [-0.15, -0.1) is 0 Å². The van der Waals surface area contributed by atoms with Gasteiger partial charge < -0.3 is 9.84 Å². The quantitative estimate of drug-likeness (QED) is 0.927. The summed E-state index contributed by atoms with van der Waals surface area (Å²) in [5, 5.41) is 9.17. The van der Waals surface area contributed by atoms with E-state index in [0.717, 1.165) is 12.1 Å². The predicted molar refractivity (Wildman–Crippen MR) is 70.8 cm³/mol. The van der Waals surface area contributed by atoms with E-state index >= 15 is 0 Å². The normalized spacial score (nSPS) is 25.3. The van der Waals surface area contributed by atoms with Crippen LogP contribution in [0.2, 0.25) is 0 Å². The molecule has 0 radical (unpaired) electrons. The van der Waals surface area contributed by atoms with Crippen LogP contribution in [0.5, 0.6) is 0 Å². The first-order valence-electron chi connectivity index (χ1n) is 6.01. The molecule has 1 aromatic carbocycles. The number of morpholine rings is 1. The smallest absolute Gasteiger partial charge is 0.137 e. The second kappa shape index (κ2) is 6.10. The molecule has 3 nitrogen and oxygen atoms in total. The molecule has 100 valence electrons. The Bertz CT molecular complexity index is 416. The second-order valence-corrected chi connectivity index (χ2v) is 5.45. The van der Waals surface area contributed by atoms with E-state index in [1.165, 1.54) is 6.07 Å². The molecule has 5 heteroatoms. The van der Waals surface area contributed by atoms with Gasteiger partial charge in [-0.1, -0.05) is 12.1 Å². The highest BCUT2D eigenvalue weighted by Gasteiger charge is 2.25. The zero-order chi connectivity index (χ0) is 13.1. The summed E-state index contributed by atoms with van der Waals surface area (Å²) in [6.07, 6.45) is -0.0654. The molecule has 2 rings (SSSR count). The predicted octanol–water partition coefficient (Wildman–Crippen LogP) is 2.17. The first kappa shape index (κ1) is 13.9. The van der Waals surface area contributed by atoms with Crippen molar-refractivity contribution in [3.05, 3.63) is 34.1 Å². The number of nitrogens with zero attached hydrogens (tertiary/aromatic N) is 1. The van der Waals surface area contributed by atoms with E-state index in [1.54, 1.807) is 6.07 Å². The Morgan fingerprint density at radius 3 is 3.00 bits per heavy atom. The summed E-state index contributed by atoms with van der Waals surface area (Å²) >= 11 is 3.27. The fourth-order valence-corrected chi connectivity index (χ4v) is 2.67. The lowest BCUT2D eigenvalue weighted by atomic mass is 10.1. The van der Waals surface area contributed by atoms with Gasteiger partial charge in [-0.2, -0.15) is 0 Å². The van der Waals surface area contributed by atoms with E-state index < -0.39 is 0 Å².